The average molecular weight is 276 g/mol. The molecule has 0 spiro atoms. The molecule has 4 heteroatoms. The summed E-state index contributed by atoms with van der Waals surface area (Å²) in [5, 5.41) is 15.4. The van der Waals surface area contributed by atoms with E-state index in [-0.39, 0.29) is 12.6 Å². The van der Waals surface area contributed by atoms with Crippen LogP contribution in [0.4, 0.5) is 10.5 Å². The van der Waals surface area contributed by atoms with E-state index in [0.717, 1.165) is 29.7 Å². The number of aliphatic hydroxyl groups excluding tert-OH is 1. The fourth-order valence-corrected chi connectivity index (χ4v) is 2.77. The minimum absolute atomic E-state index is 0.0308. The van der Waals surface area contributed by atoms with Gasteiger partial charge in [-0.25, -0.2) is 4.79 Å². The highest BCUT2D eigenvalue weighted by molar-refractivity contribution is 5.91. The Morgan fingerprint density at radius 2 is 1.85 bits per heavy atom. The summed E-state index contributed by atoms with van der Waals surface area (Å²) in [6, 6.07) is 3.85. The van der Waals surface area contributed by atoms with Gasteiger partial charge >= 0.3 is 6.03 Å². The molecule has 20 heavy (non-hydrogen) atoms. The molecule has 1 unspecified atom stereocenters. The van der Waals surface area contributed by atoms with Gasteiger partial charge < -0.3 is 15.7 Å². The SMILES string of the molecule is Cc1cc(C)c(NC(=O)NC(C)(CO)C2CC2)c(C)c1. The van der Waals surface area contributed by atoms with Crippen molar-refractivity contribution in [1.82, 2.24) is 5.32 Å². The third-order valence-electron chi connectivity index (χ3n) is 4.12. The van der Waals surface area contributed by atoms with E-state index in [4.69, 9.17) is 0 Å². The van der Waals surface area contributed by atoms with Crippen molar-refractivity contribution in [2.45, 2.75) is 46.1 Å². The normalized spacial score (nSPS) is 17.4. The van der Waals surface area contributed by atoms with Crippen molar-refractivity contribution in [3.63, 3.8) is 0 Å². The highest BCUT2D eigenvalue weighted by Gasteiger charge is 2.42. The van der Waals surface area contributed by atoms with Gasteiger partial charge in [-0.3, -0.25) is 0 Å². The molecule has 1 aliphatic carbocycles. The van der Waals surface area contributed by atoms with Crippen LogP contribution in [0.2, 0.25) is 0 Å². The molecule has 0 heterocycles. The van der Waals surface area contributed by atoms with Crippen LogP contribution in [0.25, 0.3) is 0 Å². The molecule has 1 saturated carbocycles. The Balaban J connectivity index is 2.08. The number of carbonyl (C=O) groups excluding carboxylic acids is 1. The molecule has 0 aliphatic heterocycles. The number of amides is 2. The molecular formula is C16H24N2O2. The number of aliphatic hydroxyl groups is 1. The minimum atomic E-state index is -0.517. The zero-order valence-electron chi connectivity index (χ0n) is 12.7. The van der Waals surface area contributed by atoms with Gasteiger partial charge in [0.25, 0.3) is 0 Å². The van der Waals surface area contributed by atoms with E-state index in [2.05, 4.69) is 22.8 Å². The molecule has 2 rings (SSSR count). The quantitative estimate of drug-likeness (QED) is 0.792. The number of nitrogens with one attached hydrogen (secondary N) is 2. The van der Waals surface area contributed by atoms with Gasteiger partial charge in [0, 0.05) is 5.69 Å². The smallest absolute Gasteiger partial charge is 0.319 e. The number of benzene rings is 1. The van der Waals surface area contributed by atoms with Crippen molar-refractivity contribution < 1.29 is 9.90 Å². The molecule has 1 fully saturated rings. The van der Waals surface area contributed by atoms with Crippen molar-refractivity contribution in [3.8, 4) is 0 Å². The molecule has 1 aliphatic rings. The average Bonchev–Trinajstić information content (AvgIpc) is 3.18. The van der Waals surface area contributed by atoms with Crippen LogP contribution in [0, 0.1) is 26.7 Å². The maximum Gasteiger partial charge on any atom is 0.319 e. The lowest BCUT2D eigenvalue weighted by Gasteiger charge is -2.29. The van der Waals surface area contributed by atoms with Crippen molar-refractivity contribution in [3.05, 3.63) is 28.8 Å². The fraction of sp³-hybridized carbons (Fsp3) is 0.562. The van der Waals surface area contributed by atoms with Crippen molar-refractivity contribution in [2.24, 2.45) is 5.92 Å². The van der Waals surface area contributed by atoms with E-state index in [9.17, 15) is 9.90 Å². The first-order valence-electron chi connectivity index (χ1n) is 7.13. The lowest BCUT2D eigenvalue weighted by molar-refractivity contribution is 0.159. The monoisotopic (exact) mass is 276 g/mol. The summed E-state index contributed by atoms with van der Waals surface area (Å²) in [4.78, 5) is 12.2. The highest BCUT2D eigenvalue weighted by atomic mass is 16.3. The molecule has 0 saturated heterocycles. The first kappa shape index (κ1) is 14.9. The molecule has 0 radical (unpaired) electrons. The van der Waals surface area contributed by atoms with E-state index in [1.807, 2.05) is 27.7 Å². The Hall–Kier alpha value is -1.55. The molecule has 3 N–H and O–H groups in total. The summed E-state index contributed by atoms with van der Waals surface area (Å²) in [5.74, 6) is 0.387. The van der Waals surface area contributed by atoms with Gasteiger partial charge in [0.1, 0.15) is 0 Å². The van der Waals surface area contributed by atoms with Crippen molar-refractivity contribution >= 4 is 11.7 Å². The summed E-state index contributed by atoms with van der Waals surface area (Å²) in [5.41, 5.74) is 3.62. The Morgan fingerprint density at radius 3 is 2.30 bits per heavy atom. The summed E-state index contributed by atoms with van der Waals surface area (Å²) in [7, 11) is 0. The van der Waals surface area contributed by atoms with Crippen molar-refractivity contribution in [1.29, 1.82) is 0 Å². The van der Waals surface area contributed by atoms with Crippen LogP contribution in [0.1, 0.15) is 36.5 Å². The maximum atomic E-state index is 12.2. The largest absolute Gasteiger partial charge is 0.394 e. The van der Waals surface area contributed by atoms with Crippen molar-refractivity contribution in [2.75, 3.05) is 11.9 Å². The Labute approximate surface area is 120 Å². The number of rotatable bonds is 4. The summed E-state index contributed by atoms with van der Waals surface area (Å²) >= 11 is 0. The van der Waals surface area contributed by atoms with E-state index in [1.54, 1.807) is 0 Å². The topological polar surface area (TPSA) is 61.4 Å². The maximum absolute atomic E-state index is 12.2. The predicted octanol–water partition coefficient (Wildman–Crippen LogP) is 2.89. The molecule has 1 aromatic rings. The second kappa shape index (κ2) is 5.44. The summed E-state index contributed by atoms with van der Waals surface area (Å²) in [6.45, 7) is 7.89. The minimum Gasteiger partial charge on any atom is -0.394 e. The first-order chi connectivity index (χ1) is 9.35. The number of hydrogen-bond donors (Lipinski definition) is 3. The van der Waals surface area contributed by atoms with E-state index in [1.165, 1.54) is 5.56 Å². The third kappa shape index (κ3) is 3.12. The predicted molar refractivity (Wildman–Crippen MR) is 81.0 cm³/mol. The van der Waals surface area contributed by atoms with Gasteiger partial charge in [-0.15, -0.1) is 0 Å². The molecule has 2 amide bonds. The van der Waals surface area contributed by atoms with Crippen LogP contribution >= 0.6 is 0 Å². The number of aryl methyl sites for hydroxylation is 3. The molecule has 1 aromatic carbocycles. The van der Waals surface area contributed by atoms with Crippen LogP contribution in [0.5, 0.6) is 0 Å². The second-order valence-corrected chi connectivity index (χ2v) is 6.20. The molecule has 0 bridgehead atoms. The number of anilines is 1. The highest BCUT2D eigenvalue weighted by Crippen LogP contribution is 2.39. The third-order valence-corrected chi connectivity index (χ3v) is 4.12. The van der Waals surface area contributed by atoms with Gasteiger partial charge in [0.15, 0.2) is 0 Å². The lowest BCUT2D eigenvalue weighted by Crippen LogP contribution is -2.52. The summed E-state index contributed by atoms with van der Waals surface area (Å²) in [6.07, 6.45) is 2.14. The van der Waals surface area contributed by atoms with Gasteiger partial charge in [-0.05, 0) is 57.6 Å². The van der Waals surface area contributed by atoms with Gasteiger partial charge in [-0.2, -0.15) is 0 Å². The first-order valence-corrected chi connectivity index (χ1v) is 7.13. The molecule has 0 aromatic heterocycles. The Kier molecular flexibility index (Phi) is 4.04. The number of hydrogen-bond acceptors (Lipinski definition) is 2. The zero-order valence-corrected chi connectivity index (χ0v) is 12.7. The van der Waals surface area contributed by atoms with Gasteiger partial charge in [-0.1, -0.05) is 17.7 Å². The Morgan fingerprint density at radius 1 is 1.30 bits per heavy atom. The van der Waals surface area contributed by atoms with E-state index in [0.29, 0.717) is 5.92 Å². The molecule has 110 valence electrons. The van der Waals surface area contributed by atoms with Gasteiger partial charge in [0.05, 0.1) is 12.1 Å². The zero-order chi connectivity index (χ0) is 14.9. The fourth-order valence-electron chi connectivity index (χ4n) is 2.77. The molecule has 4 nitrogen and oxygen atoms in total. The van der Waals surface area contributed by atoms with Crippen LogP contribution in [-0.4, -0.2) is 23.3 Å². The van der Waals surface area contributed by atoms with Crippen LogP contribution in [0.15, 0.2) is 12.1 Å². The van der Waals surface area contributed by atoms with E-state index < -0.39 is 5.54 Å². The van der Waals surface area contributed by atoms with Crippen LogP contribution < -0.4 is 10.6 Å². The number of carbonyl (C=O) groups is 1. The molecular weight excluding hydrogens is 252 g/mol. The van der Waals surface area contributed by atoms with Crippen LogP contribution in [0.3, 0.4) is 0 Å². The lowest BCUT2D eigenvalue weighted by atomic mass is 9.97. The Bertz CT molecular complexity index is 500. The van der Waals surface area contributed by atoms with Crippen LogP contribution in [-0.2, 0) is 0 Å². The number of urea groups is 1. The van der Waals surface area contributed by atoms with Gasteiger partial charge in [0.2, 0.25) is 0 Å². The second-order valence-electron chi connectivity index (χ2n) is 6.20. The standard InChI is InChI=1S/C16H24N2O2/c1-10-7-11(2)14(12(3)8-10)17-15(20)18-16(4,9-19)13-5-6-13/h7-8,13,19H,5-6,9H2,1-4H3,(H2,17,18,20). The summed E-state index contributed by atoms with van der Waals surface area (Å²) < 4.78 is 0. The van der Waals surface area contributed by atoms with E-state index >= 15 is 0 Å². The molecule has 1 atom stereocenters.